The number of aryl methyl sites for hydroxylation is 1. The molecule has 3 atom stereocenters. The predicted molar refractivity (Wildman–Crippen MR) is 193 cm³/mol. The van der Waals surface area contributed by atoms with Crippen LogP contribution in [0, 0.1) is 24.7 Å². The predicted octanol–water partition coefficient (Wildman–Crippen LogP) is 7.32. The van der Waals surface area contributed by atoms with Gasteiger partial charge in [0.05, 0.1) is 36.3 Å². The van der Waals surface area contributed by atoms with Gasteiger partial charge in [-0.15, -0.1) is 6.58 Å². The summed E-state index contributed by atoms with van der Waals surface area (Å²) in [6.07, 6.45) is 5.69. The summed E-state index contributed by atoms with van der Waals surface area (Å²) in [6.45, 7) is 6.43. The summed E-state index contributed by atoms with van der Waals surface area (Å²) in [6, 6.07) is 33.6. The number of rotatable bonds is 12. The van der Waals surface area contributed by atoms with Crippen LogP contribution >= 0.6 is 0 Å². The Morgan fingerprint density at radius 3 is 2.27 bits per heavy atom. The van der Waals surface area contributed by atoms with Crippen LogP contribution in [0.4, 0.5) is 17.1 Å². The van der Waals surface area contributed by atoms with E-state index < -0.39 is 23.8 Å². The molecule has 4 aromatic carbocycles. The largest absolute Gasteiger partial charge is 0.369 e. The molecule has 1 saturated carbocycles. The van der Waals surface area contributed by atoms with E-state index in [4.69, 9.17) is 5.73 Å². The third-order valence-corrected chi connectivity index (χ3v) is 9.85. The SMILES string of the molecule is C=CC[C@H](C(N)=O)[C@@H](CC1CCC1)C(=O)NC1CN(c2ccccc2)c2ccccc2N(Cc2cccc(-c3ccc(C)cc3)c2)C1=O. The highest BCUT2D eigenvalue weighted by atomic mass is 16.2. The molecule has 0 saturated heterocycles. The van der Waals surface area contributed by atoms with E-state index >= 15 is 0 Å². The molecule has 48 heavy (non-hydrogen) atoms. The average molecular weight is 641 g/mol. The van der Waals surface area contributed by atoms with Crippen molar-refractivity contribution in [2.75, 3.05) is 16.3 Å². The number of carbonyl (C=O) groups is 3. The minimum Gasteiger partial charge on any atom is -0.369 e. The van der Waals surface area contributed by atoms with Gasteiger partial charge in [-0.3, -0.25) is 14.4 Å². The molecule has 3 N–H and O–H groups in total. The maximum atomic E-state index is 14.7. The second-order valence-corrected chi connectivity index (χ2v) is 13.2. The molecule has 4 aromatic rings. The van der Waals surface area contributed by atoms with Crippen LogP contribution in [0.1, 0.15) is 43.2 Å². The second kappa shape index (κ2) is 14.7. The van der Waals surface area contributed by atoms with Crippen molar-refractivity contribution in [1.29, 1.82) is 0 Å². The Balaban J connectivity index is 1.37. The molecule has 1 fully saturated rings. The van der Waals surface area contributed by atoms with Crippen molar-refractivity contribution in [3.63, 3.8) is 0 Å². The van der Waals surface area contributed by atoms with Crippen LogP contribution in [0.15, 0.2) is 116 Å². The summed E-state index contributed by atoms with van der Waals surface area (Å²) in [4.78, 5) is 45.5. The van der Waals surface area contributed by atoms with E-state index in [2.05, 4.69) is 60.1 Å². The van der Waals surface area contributed by atoms with Gasteiger partial charge in [-0.25, -0.2) is 0 Å². The zero-order valence-corrected chi connectivity index (χ0v) is 27.6. The summed E-state index contributed by atoms with van der Waals surface area (Å²) in [7, 11) is 0. The minimum atomic E-state index is -0.883. The van der Waals surface area contributed by atoms with Gasteiger partial charge in [0.25, 0.3) is 5.91 Å². The first-order chi connectivity index (χ1) is 23.3. The van der Waals surface area contributed by atoms with Crippen LogP contribution in [0.25, 0.3) is 11.1 Å². The number of primary amides is 1. The lowest BCUT2D eigenvalue weighted by molar-refractivity contribution is -0.136. The third-order valence-electron chi connectivity index (χ3n) is 9.85. The van der Waals surface area contributed by atoms with Crippen LogP contribution in [-0.4, -0.2) is 30.3 Å². The number of amides is 3. The molecule has 1 aliphatic carbocycles. The first-order valence-corrected chi connectivity index (χ1v) is 16.9. The van der Waals surface area contributed by atoms with Crippen molar-refractivity contribution in [3.8, 4) is 11.1 Å². The molecular formula is C41H44N4O3. The first-order valence-electron chi connectivity index (χ1n) is 16.9. The van der Waals surface area contributed by atoms with Gasteiger partial charge in [0.15, 0.2) is 0 Å². The fourth-order valence-electron chi connectivity index (χ4n) is 6.97. The Morgan fingerprint density at radius 1 is 0.896 bits per heavy atom. The van der Waals surface area contributed by atoms with Gasteiger partial charge >= 0.3 is 0 Å². The molecule has 0 radical (unpaired) electrons. The first kappa shape index (κ1) is 32.8. The number of carbonyl (C=O) groups excluding carboxylic acids is 3. The second-order valence-electron chi connectivity index (χ2n) is 13.2. The van der Waals surface area contributed by atoms with E-state index in [1.165, 1.54) is 5.56 Å². The molecule has 7 heteroatoms. The maximum absolute atomic E-state index is 14.7. The number of benzene rings is 4. The molecule has 6 rings (SSSR count). The number of para-hydroxylation sites is 3. The van der Waals surface area contributed by atoms with E-state index in [0.29, 0.717) is 25.3 Å². The van der Waals surface area contributed by atoms with E-state index in [0.717, 1.165) is 53.0 Å². The highest BCUT2D eigenvalue weighted by Gasteiger charge is 2.40. The van der Waals surface area contributed by atoms with Crippen molar-refractivity contribution in [2.45, 2.75) is 51.6 Å². The van der Waals surface area contributed by atoms with Crippen molar-refractivity contribution in [2.24, 2.45) is 23.5 Å². The standard InChI is InChI=1S/C41H44N4O3/c1-3-11-34(39(42)46)35(25-29-12-9-13-29)40(47)43-36-27-44(33-16-5-4-6-17-33)37-18-7-8-19-38(37)45(41(36)48)26-30-14-10-15-32(24-30)31-22-20-28(2)21-23-31/h3-8,10,14-24,29,34-36H,1,9,11-13,25-27H2,2H3,(H2,42,46)(H,43,47)/t34-,35+,36?/m0/s1. The quantitative estimate of drug-likeness (QED) is 0.159. The molecule has 0 spiro atoms. The van der Waals surface area contributed by atoms with Crippen LogP contribution < -0.4 is 20.9 Å². The zero-order valence-electron chi connectivity index (χ0n) is 27.6. The normalized spacial score (nSPS) is 17.4. The highest BCUT2D eigenvalue weighted by molar-refractivity contribution is 6.04. The van der Waals surface area contributed by atoms with E-state index in [1.54, 1.807) is 11.0 Å². The molecule has 246 valence electrons. The summed E-state index contributed by atoms with van der Waals surface area (Å²) >= 11 is 0. The van der Waals surface area contributed by atoms with Crippen molar-refractivity contribution >= 4 is 34.8 Å². The Labute approximate surface area is 283 Å². The third kappa shape index (κ3) is 7.20. The molecular weight excluding hydrogens is 596 g/mol. The van der Waals surface area contributed by atoms with Gasteiger partial charge in [0.2, 0.25) is 11.8 Å². The van der Waals surface area contributed by atoms with Crippen LogP contribution in [0.3, 0.4) is 0 Å². The molecule has 1 heterocycles. The van der Waals surface area contributed by atoms with Crippen LogP contribution in [-0.2, 0) is 20.9 Å². The van der Waals surface area contributed by atoms with Crippen molar-refractivity contribution in [1.82, 2.24) is 5.32 Å². The Bertz CT molecular complexity index is 1770. The zero-order chi connectivity index (χ0) is 33.6. The summed E-state index contributed by atoms with van der Waals surface area (Å²) in [5, 5.41) is 3.14. The number of hydrogen-bond donors (Lipinski definition) is 2. The number of fused-ring (bicyclic) bond motifs is 1. The van der Waals surface area contributed by atoms with E-state index in [-0.39, 0.29) is 18.4 Å². The average Bonchev–Trinajstić information content (AvgIpc) is 3.18. The lowest BCUT2D eigenvalue weighted by Crippen LogP contribution is -2.54. The Morgan fingerprint density at radius 2 is 1.60 bits per heavy atom. The number of nitrogens with one attached hydrogen (secondary N) is 1. The van der Waals surface area contributed by atoms with Gasteiger partial charge in [0.1, 0.15) is 6.04 Å². The van der Waals surface area contributed by atoms with Gasteiger partial charge in [-0.1, -0.05) is 104 Å². The van der Waals surface area contributed by atoms with E-state index in [9.17, 15) is 14.4 Å². The van der Waals surface area contributed by atoms with Gasteiger partial charge in [-0.2, -0.15) is 0 Å². The highest BCUT2D eigenvalue weighted by Crippen LogP contribution is 2.39. The van der Waals surface area contributed by atoms with Crippen LogP contribution in [0.5, 0.6) is 0 Å². The van der Waals surface area contributed by atoms with Crippen molar-refractivity contribution in [3.05, 3.63) is 127 Å². The summed E-state index contributed by atoms with van der Waals surface area (Å²) < 4.78 is 0. The van der Waals surface area contributed by atoms with Crippen LogP contribution in [0.2, 0.25) is 0 Å². The molecule has 0 aromatic heterocycles. The summed E-state index contributed by atoms with van der Waals surface area (Å²) in [5.41, 5.74) is 12.7. The number of allylic oxidation sites excluding steroid dienone is 1. The monoisotopic (exact) mass is 640 g/mol. The number of nitrogens with two attached hydrogens (primary N) is 1. The van der Waals surface area contributed by atoms with Gasteiger partial charge in [-0.05, 0) is 72.7 Å². The topological polar surface area (TPSA) is 95.7 Å². The molecule has 7 nitrogen and oxygen atoms in total. The molecule has 3 amide bonds. The van der Waals surface area contributed by atoms with E-state index in [1.807, 2.05) is 66.7 Å². The van der Waals surface area contributed by atoms with Crippen molar-refractivity contribution < 1.29 is 14.4 Å². The lowest BCUT2D eigenvalue weighted by atomic mass is 9.74. The Hall–Kier alpha value is -5.17. The maximum Gasteiger partial charge on any atom is 0.251 e. The molecule has 1 aliphatic heterocycles. The molecule has 0 bridgehead atoms. The Kier molecular flexibility index (Phi) is 10.0. The summed E-state index contributed by atoms with van der Waals surface area (Å²) in [5.74, 6) is -2.02. The van der Waals surface area contributed by atoms with Gasteiger partial charge in [0, 0.05) is 5.69 Å². The van der Waals surface area contributed by atoms with Gasteiger partial charge < -0.3 is 20.9 Å². The number of anilines is 3. The smallest absolute Gasteiger partial charge is 0.251 e. The molecule has 2 aliphatic rings. The lowest BCUT2D eigenvalue weighted by Gasteiger charge is -2.33. The number of hydrogen-bond acceptors (Lipinski definition) is 4. The minimum absolute atomic E-state index is 0.211. The fraction of sp³-hybridized carbons (Fsp3) is 0.293. The number of nitrogens with zero attached hydrogens (tertiary/aromatic N) is 2. The molecule has 1 unspecified atom stereocenters. The fourth-order valence-corrected chi connectivity index (χ4v) is 6.97.